The van der Waals surface area contributed by atoms with Gasteiger partial charge in [-0.25, -0.2) is 0 Å². The smallest absolute Gasteiger partial charge is 0.0541 e. The molecule has 0 atom stereocenters. The fraction of sp³-hybridized carbons (Fsp3) is 0.0270. The first kappa shape index (κ1) is 23.1. The summed E-state index contributed by atoms with van der Waals surface area (Å²) < 4.78 is 4.70. The molecule has 7 rings (SSSR count). The van der Waals surface area contributed by atoms with Crippen LogP contribution in [0.15, 0.2) is 146 Å². The fourth-order valence-electron chi connectivity index (χ4n) is 5.90. The second-order valence-electron chi connectivity index (χ2n) is 9.81. The van der Waals surface area contributed by atoms with Crippen molar-refractivity contribution in [2.75, 3.05) is 0 Å². The number of hydrogen-bond acceptors (Lipinski definition) is 0. The highest BCUT2D eigenvalue weighted by Gasteiger charge is 2.15. The van der Waals surface area contributed by atoms with Crippen LogP contribution in [0.4, 0.5) is 0 Å². The van der Waals surface area contributed by atoms with Gasteiger partial charge in [0.15, 0.2) is 0 Å². The lowest BCUT2D eigenvalue weighted by Gasteiger charge is -2.10. The molecule has 2 aromatic heterocycles. The zero-order valence-corrected chi connectivity index (χ0v) is 21.9. The quantitative estimate of drug-likeness (QED) is 0.208. The highest BCUT2D eigenvalue weighted by molar-refractivity contribution is 6.13. The molecule has 0 unspecified atom stereocenters. The van der Waals surface area contributed by atoms with Crippen LogP contribution in [0, 0.1) is 0 Å². The Bertz CT molecular complexity index is 2080. The van der Waals surface area contributed by atoms with Crippen LogP contribution in [0.1, 0.15) is 6.92 Å². The van der Waals surface area contributed by atoms with Crippen molar-refractivity contribution in [2.24, 2.45) is 0 Å². The molecule has 186 valence electrons. The Kier molecular flexibility index (Phi) is 5.53. The van der Waals surface area contributed by atoms with Gasteiger partial charge in [0.25, 0.3) is 0 Å². The molecule has 0 aliphatic carbocycles. The van der Waals surface area contributed by atoms with Gasteiger partial charge < -0.3 is 9.13 Å². The van der Waals surface area contributed by atoms with Crippen LogP contribution in [0.25, 0.3) is 66.1 Å². The summed E-state index contributed by atoms with van der Waals surface area (Å²) in [5, 5.41) is 5.03. The van der Waals surface area contributed by atoms with Crippen molar-refractivity contribution in [3.8, 4) is 16.8 Å². The minimum atomic E-state index is 1.13. The molecule has 2 heteroatoms. The van der Waals surface area contributed by atoms with Gasteiger partial charge in [-0.05, 0) is 72.7 Å². The van der Waals surface area contributed by atoms with Crippen molar-refractivity contribution in [3.05, 3.63) is 146 Å². The van der Waals surface area contributed by atoms with E-state index in [2.05, 4.69) is 150 Å². The molecule has 0 fully saturated rings. The van der Waals surface area contributed by atoms with Crippen LogP contribution < -0.4 is 0 Å². The summed E-state index contributed by atoms with van der Waals surface area (Å²) in [4.78, 5) is 0. The van der Waals surface area contributed by atoms with Crippen molar-refractivity contribution in [2.45, 2.75) is 6.92 Å². The molecule has 0 N–H and O–H groups in total. The molecule has 0 bridgehead atoms. The van der Waals surface area contributed by atoms with Crippen LogP contribution >= 0.6 is 0 Å². The molecular formula is C37H28N2. The first-order valence-electron chi connectivity index (χ1n) is 13.4. The number of allylic oxidation sites excluding steroid dienone is 5. The Morgan fingerprint density at radius 1 is 0.590 bits per heavy atom. The zero-order chi connectivity index (χ0) is 26.3. The van der Waals surface area contributed by atoms with Gasteiger partial charge in [-0.1, -0.05) is 91.5 Å². The summed E-state index contributed by atoms with van der Waals surface area (Å²) in [6.07, 6.45) is 8.07. The Morgan fingerprint density at radius 3 is 1.82 bits per heavy atom. The maximum atomic E-state index is 3.85. The molecule has 0 spiro atoms. The Morgan fingerprint density at radius 2 is 1.13 bits per heavy atom. The lowest BCUT2D eigenvalue weighted by atomic mass is 10.0. The summed E-state index contributed by atoms with van der Waals surface area (Å²) in [7, 11) is 0. The van der Waals surface area contributed by atoms with Gasteiger partial charge in [0.05, 0.1) is 22.1 Å². The fourth-order valence-corrected chi connectivity index (χ4v) is 5.90. The maximum absolute atomic E-state index is 3.85. The van der Waals surface area contributed by atoms with Crippen molar-refractivity contribution < 1.29 is 0 Å². The summed E-state index contributed by atoms with van der Waals surface area (Å²) in [5.74, 6) is 0. The second kappa shape index (κ2) is 9.34. The number of aromatic nitrogens is 2. The number of nitrogens with zero attached hydrogens (tertiary/aromatic N) is 2. The van der Waals surface area contributed by atoms with E-state index in [1.165, 1.54) is 60.4 Å². The van der Waals surface area contributed by atoms with Gasteiger partial charge >= 0.3 is 0 Å². The molecule has 0 saturated carbocycles. The minimum absolute atomic E-state index is 1.13. The highest BCUT2D eigenvalue weighted by atomic mass is 15.0. The van der Waals surface area contributed by atoms with Crippen LogP contribution in [0.5, 0.6) is 0 Å². The van der Waals surface area contributed by atoms with Crippen molar-refractivity contribution in [3.63, 3.8) is 0 Å². The molecular weight excluding hydrogens is 472 g/mol. The van der Waals surface area contributed by atoms with E-state index in [1.807, 2.05) is 12.2 Å². The third kappa shape index (κ3) is 3.65. The van der Waals surface area contributed by atoms with Gasteiger partial charge in [-0.15, -0.1) is 0 Å². The third-order valence-corrected chi connectivity index (χ3v) is 7.65. The monoisotopic (exact) mass is 500 g/mol. The number of rotatable bonds is 5. The van der Waals surface area contributed by atoms with E-state index < -0.39 is 0 Å². The van der Waals surface area contributed by atoms with E-state index in [1.54, 1.807) is 0 Å². The number of benzene rings is 5. The normalized spacial score (nSPS) is 12.4. The highest BCUT2D eigenvalue weighted by Crippen LogP contribution is 2.38. The largest absolute Gasteiger partial charge is 0.310 e. The Labute approximate surface area is 228 Å². The van der Waals surface area contributed by atoms with Gasteiger partial charge in [-0.2, -0.15) is 0 Å². The van der Waals surface area contributed by atoms with Crippen LogP contribution in [0.3, 0.4) is 0 Å². The van der Waals surface area contributed by atoms with Crippen molar-refractivity contribution in [1.29, 1.82) is 0 Å². The summed E-state index contributed by atoms with van der Waals surface area (Å²) in [6.45, 7) is 5.93. The Hall–Kier alpha value is -5.08. The number of para-hydroxylation sites is 3. The van der Waals surface area contributed by atoms with E-state index in [0.29, 0.717) is 0 Å². The molecule has 2 nitrogen and oxygen atoms in total. The lowest BCUT2D eigenvalue weighted by Crippen LogP contribution is -1.94. The van der Waals surface area contributed by atoms with E-state index in [9.17, 15) is 0 Å². The van der Waals surface area contributed by atoms with Gasteiger partial charge in [-0.3, -0.25) is 0 Å². The summed E-state index contributed by atoms with van der Waals surface area (Å²) in [5.41, 5.74) is 9.58. The standard InChI is InChI=1S/C37H28N2/c1-3-5-13-28(4-2)38-34-18-11-9-16-30(34)32-24-26(20-22-36(32)38)27-21-23-37-33(25-27)31-17-10-12-19-35(31)39(37)29-14-7-6-8-15-29/h3-25H,1H2,2H3/b13-5-,28-4+. The molecule has 0 saturated heterocycles. The number of hydrogen-bond donors (Lipinski definition) is 0. The predicted molar refractivity (Wildman–Crippen MR) is 169 cm³/mol. The average molecular weight is 501 g/mol. The topological polar surface area (TPSA) is 9.86 Å². The Balaban J connectivity index is 1.45. The minimum Gasteiger partial charge on any atom is -0.310 e. The van der Waals surface area contributed by atoms with Crippen LogP contribution in [-0.2, 0) is 0 Å². The number of fused-ring (bicyclic) bond motifs is 6. The van der Waals surface area contributed by atoms with Gasteiger partial charge in [0, 0.05) is 32.9 Å². The van der Waals surface area contributed by atoms with E-state index in [4.69, 9.17) is 0 Å². The second-order valence-corrected chi connectivity index (χ2v) is 9.81. The molecule has 5 aromatic carbocycles. The lowest BCUT2D eigenvalue weighted by molar-refractivity contribution is 1.18. The molecule has 7 aromatic rings. The van der Waals surface area contributed by atoms with Crippen LogP contribution in [-0.4, -0.2) is 9.13 Å². The molecule has 0 aliphatic heterocycles. The summed E-state index contributed by atoms with van der Waals surface area (Å²) >= 11 is 0. The molecule has 0 radical (unpaired) electrons. The SMILES string of the molecule is C=C/C=C\C(=C/C)n1c2ccccc2c2cc(-c3ccc4c(c3)c3ccccc3n4-c3ccccc3)ccc21. The van der Waals surface area contributed by atoms with Crippen molar-refractivity contribution >= 4 is 49.3 Å². The first-order valence-corrected chi connectivity index (χ1v) is 13.4. The van der Waals surface area contributed by atoms with Crippen molar-refractivity contribution in [1.82, 2.24) is 9.13 Å². The molecule has 0 amide bonds. The van der Waals surface area contributed by atoms with Crippen LogP contribution in [0.2, 0.25) is 0 Å². The van der Waals surface area contributed by atoms with E-state index in [-0.39, 0.29) is 0 Å². The van der Waals surface area contributed by atoms with Gasteiger partial charge in [0.2, 0.25) is 0 Å². The van der Waals surface area contributed by atoms with E-state index >= 15 is 0 Å². The summed E-state index contributed by atoms with van der Waals surface area (Å²) in [6, 6.07) is 41.7. The van der Waals surface area contributed by atoms with Gasteiger partial charge in [0.1, 0.15) is 0 Å². The average Bonchev–Trinajstić information content (AvgIpc) is 3.50. The zero-order valence-electron chi connectivity index (χ0n) is 21.9. The predicted octanol–water partition coefficient (Wildman–Crippen LogP) is 10.2. The first-order chi connectivity index (χ1) is 19.3. The van der Waals surface area contributed by atoms with E-state index in [0.717, 1.165) is 5.70 Å². The molecule has 39 heavy (non-hydrogen) atoms. The molecule has 0 aliphatic rings. The third-order valence-electron chi connectivity index (χ3n) is 7.65. The molecule has 2 heterocycles. The maximum Gasteiger partial charge on any atom is 0.0541 e.